The second-order valence-electron chi connectivity index (χ2n) is 8.04. The summed E-state index contributed by atoms with van der Waals surface area (Å²) in [7, 11) is 0. The Morgan fingerprint density at radius 1 is 1.11 bits per heavy atom. The molecule has 0 aliphatic carbocycles. The van der Waals surface area contributed by atoms with E-state index in [9.17, 15) is 4.79 Å². The number of benzene rings is 1. The molecule has 146 valence electrons. The second-order valence-corrected chi connectivity index (χ2v) is 8.04. The van der Waals surface area contributed by atoms with Gasteiger partial charge >= 0.3 is 0 Å². The van der Waals surface area contributed by atoms with Crippen LogP contribution in [0.15, 0.2) is 30.3 Å². The summed E-state index contributed by atoms with van der Waals surface area (Å²) in [5, 5.41) is 0. The molecule has 3 rings (SSSR count). The van der Waals surface area contributed by atoms with Crippen LogP contribution in [0.4, 0.5) is 0 Å². The Hall–Kier alpha value is -1.91. The predicted molar refractivity (Wildman–Crippen MR) is 110 cm³/mol. The van der Waals surface area contributed by atoms with Crippen molar-refractivity contribution in [1.82, 2.24) is 9.47 Å². The van der Waals surface area contributed by atoms with Crippen LogP contribution in [-0.2, 0) is 4.74 Å². The smallest absolute Gasteiger partial charge is 0.178 e. The lowest BCUT2D eigenvalue weighted by atomic mass is 10.1. The van der Waals surface area contributed by atoms with E-state index in [1.54, 1.807) is 0 Å². The van der Waals surface area contributed by atoms with Crippen LogP contribution >= 0.6 is 0 Å². The lowest BCUT2D eigenvalue weighted by Gasteiger charge is -2.32. The fourth-order valence-electron chi connectivity index (χ4n) is 4.01. The summed E-state index contributed by atoms with van der Waals surface area (Å²) < 4.78 is 8.09. The van der Waals surface area contributed by atoms with Gasteiger partial charge in [-0.05, 0) is 65.7 Å². The van der Waals surface area contributed by atoms with Gasteiger partial charge in [-0.1, -0.05) is 17.7 Å². The van der Waals surface area contributed by atoms with Crippen LogP contribution in [0.3, 0.4) is 0 Å². The first-order chi connectivity index (χ1) is 12.8. The van der Waals surface area contributed by atoms with Crippen molar-refractivity contribution in [2.75, 3.05) is 19.6 Å². The summed E-state index contributed by atoms with van der Waals surface area (Å²) in [5.41, 5.74) is 5.32. The molecule has 1 aromatic carbocycles. The van der Waals surface area contributed by atoms with Crippen molar-refractivity contribution in [3.8, 4) is 5.69 Å². The number of aromatic nitrogens is 1. The van der Waals surface area contributed by atoms with Gasteiger partial charge in [-0.25, -0.2) is 0 Å². The molecule has 27 heavy (non-hydrogen) atoms. The zero-order valence-corrected chi connectivity index (χ0v) is 17.3. The molecule has 1 fully saturated rings. The third-order valence-corrected chi connectivity index (χ3v) is 5.39. The van der Waals surface area contributed by atoms with Crippen LogP contribution in [0, 0.1) is 20.8 Å². The molecule has 0 atom stereocenters. The summed E-state index contributed by atoms with van der Waals surface area (Å²) in [6.07, 6.45) is 2.63. The number of aryl methyl sites for hydroxylation is 2. The monoisotopic (exact) mass is 368 g/mol. The fourth-order valence-corrected chi connectivity index (χ4v) is 4.01. The molecule has 0 N–H and O–H groups in total. The predicted octanol–water partition coefficient (Wildman–Crippen LogP) is 4.47. The largest absolute Gasteiger partial charge is 0.375 e. The van der Waals surface area contributed by atoms with Gasteiger partial charge in [-0.3, -0.25) is 9.69 Å². The van der Waals surface area contributed by atoms with Gasteiger partial charge in [0.1, 0.15) is 0 Å². The summed E-state index contributed by atoms with van der Waals surface area (Å²) in [4.78, 5) is 15.2. The summed E-state index contributed by atoms with van der Waals surface area (Å²) in [6.45, 7) is 12.7. The van der Waals surface area contributed by atoms with Crippen LogP contribution in [0.5, 0.6) is 0 Å². The van der Waals surface area contributed by atoms with Gasteiger partial charge in [-0.2, -0.15) is 0 Å². The van der Waals surface area contributed by atoms with E-state index in [0.29, 0.717) is 12.6 Å². The molecule has 1 aromatic heterocycles. The van der Waals surface area contributed by atoms with Gasteiger partial charge < -0.3 is 9.30 Å². The highest BCUT2D eigenvalue weighted by Gasteiger charge is 2.24. The van der Waals surface area contributed by atoms with Crippen molar-refractivity contribution in [2.24, 2.45) is 0 Å². The summed E-state index contributed by atoms with van der Waals surface area (Å²) in [5.74, 6) is 0.213. The van der Waals surface area contributed by atoms with Gasteiger partial charge in [0.25, 0.3) is 0 Å². The lowest BCUT2D eigenvalue weighted by molar-refractivity contribution is -0.0258. The maximum Gasteiger partial charge on any atom is 0.178 e. The Labute approximate surface area is 163 Å². The number of hydrogen-bond donors (Lipinski definition) is 0. The molecule has 4 heteroatoms. The molecule has 0 spiro atoms. The van der Waals surface area contributed by atoms with E-state index in [4.69, 9.17) is 4.74 Å². The first-order valence-electron chi connectivity index (χ1n) is 10.0. The van der Waals surface area contributed by atoms with Crippen LogP contribution in [-0.4, -0.2) is 47.1 Å². The molecule has 1 aliphatic heterocycles. The molecule has 2 heterocycles. The van der Waals surface area contributed by atoms with Gasteiger partial charge in [0.05, 0.1) is 18.8 Å². The topological polar surface area (TPSA) is 34.5 Å². The van der Waals surface area contributed by atoms with Crippen molar-refractivity contribution < 1.29 is 9.53 Å². The van der Waals surface area contributed by atoms with Crippen LogP contribution in [0.2, 0.25) is 0 Å². The minimum atomic E-state index is 0.213. The Morgan fingerprint density at radius 3 is 2.33 bits per heavy atom. The highest BCUT2D eigenvalue weighted by molar-refractivity contribution is 5.99. The van der Waals surface area contributed by atoms with E-state index in [1.807, 2.05) is 13.0 Å². The van der Waals surface area contributed by atoms with Crippen LogP contribution in [0.1, 0.15) is 54.0 Å². The Kier molecular flexibility index (Phi) is 6.18. The van der Waals surface area contributed by atoms with Gasteiger partial charge in [0.2, 0.25) is 0 Å². The fraction of sp³-hybridized carbons (Fsp3) is 0.522. The van der Waals surface area contributed by atoms with Crippen LogP contribution < -0.4 is 0 Å². The number of Topliss-reactive ketones (excluding diaryl/α,β-unsaturated/α-hetero) is 1. The number of ketones is 1. The van der Waals surface area contributed by atoms with E-state index in [1.165, 1.54) is 5.56 Å². The van der Waals surface area contributed by atoms with Crippen molar-refractivity contribution in [1.29, 1.82) is 0 Å². The molecule has 2 aromatic rings. The molecule has 1 aliphatic rings. The number of nitrogens with zero attached hydrogens (tertiary/aromatic N) is 2. The average molecular weight is 369 g/mol. The minimum absolute atomic E-state index is 0.213. The highest BCUT2D eigenvalue weighted by Crippen LogP contribution is 2.23. The van der Waals surface area contributed by atoms with Crippen LogP contribution in [0.25, 0.3) is 5.69 Å². The van der Waals surface area contributed by atoms with E-state index in [-0.39, 0.29) is 11.9 Å². The van der Waals surface area contributed by atoms with Gasteiger partial charge in [-0.15, -0.1) is 0 Å². The van der Waals surface area contributed by atoms with E-state index in [0.717, 1.165) is 48.6 Å². The second kappa shape index (κ2) is 8.41. The molecule has 0 amide bonds. The highest BCUT2D eigenvalue weighted by atomic mass is 16.5. The third kappa shape index (κ3) is 4.69. The number of ether oxygens (including phenoxy) is 1. The maximum absolute atomic E-state index is 13.0. The minimum Gasteiger partial charge on any atom is -0.375 e. The zero-order chi connectivity index (χ0) is 19.6. The molecule has 0 radical (unpaired) electrons. The van der Waals surface area contributed by atoms with Gasteiger partial charge in [0, 0.05) is 35.7 Å². The maximum atomic E-state index is 13.0. The number of hydrogen-bond acceptors (Lipinski definition) is 3. The first kappa shape index (κ1) is 19.8. The first-order valence-corrected chi connectivity index (χ1v) is 10.0. The number of carbonyl (C=O) groups excluding carboxylic acids is 1. The van der Waals surface area contributed by atoms with Gasteiger partial charge in [0.15, 0.2) is 5.78 Å². The van der Waals surface area contributed by atoms with E-state index < -0.39 is 0 Å². The molecule has 0 bridgehead atoms. The normalized spacial score (nSPS) is 16.2. The number of carbonyl (C=O) groups is 1. The number of rotatable bonds is 6. The zero-order valence-electron chi connectivity index (χ0n) is 17.3. The van der Waals surface area contributed by atoms with E-state index >= 15 is 0 Å². The average Bonchev–Trinajstić information content (AvgIpc) is 2.92. The SMILES string of the molecule is Cc1ccc(-n2c(C)cc(C(=O)CN3CCC(OC(C)C)CC3)c2C)cc1. The lowest BCUT2D eigenvalue weighted by Crippen LogP contribution is -2.40. The molecule has 4 nitrogen and oxygen atoms in total. The standard InChI is InChI=1S/C23H32N2O2/c1-16(2)27-21-10-12-24(13-11-21)15-23(26)22-14-18(4)25(19(22)5)20-8-6-17(3)7-9-20/h6-9,14,16,21H,10-13,15H2,1-5H3. The van der Waals surface area contributed by atoms with Crippen molar-refractivity contribution in [2.45, 2.75) is 59.7 Å². The third-order valence-electron chi connectivity index (χ3n) is 5.39. The Bertz CT molecular complexity index is 781. The molecule has 1 saturated heterocycles. The van der Waals surface area contributed by atoms with Crippen molar-refractivity contribution in [3.63, 3.8) is 0 Å². The van der Waals surface area contributed by atoms with E-state index in [2.05, 4.69) is 61.4 Å². The number of likely N-dealkylation sites (tertiary alicyclic amines) is 1. The number of piperidine rings is 1. The quantitative estimate of drug-likeness (QED) is 0.705. The molecule has 0 saturated carbocycles. The summed E-state index contributed by atoms with van der Waals surface area (Å²) >= 11 is 0. The Morgan fingerprint density at radius 2 is 1.74 bits per heavy atom. The molecular weight excluding hydrogens is 336 g/mol. The van der Waals surface area contributed by atoms with Crippen molar-refractivity contribution >= 4 is 5.78 Å². The van der Waals surface area contributed by atoms with Crippen molar-refractivity contribution in [3.05, 3.63) is 52.8 Å². The molecular formula is C23H32N2O2. The Balaban J connectivity index is 1.68. The summed E-state index contributed by atoms with van der Waals surface area (Å²) in [6, 6.07) is 10.5. The molecule has 0 unspecified atom stereocenters.